The molecule has 2 aromatic rings. The number of ether oxygens (including phenoxy) is 1. The molecule has 3 heteroatoms. The van der Waals surface area contributed by atoms with E-state index in [-0.39, 0.29) is 11.2 Å². The molecule has 0 saturated carbocycles. The van der Waals surface area contributed by atoms with Gasteiger partial charge in [-0.2, -0.15) is 0 Å². The number of hydrogen-bond acceptors (Lipinski definition) is 1. The zero-order chi connectivity index (χ0) is 12.5. The minimum absolute atomic E-state index is 0.261. The molecule has 0 spiro atoms. The molecule has 2 aromatic carbocycles. The van der Waals surface area contributed by atoms with Crippen LogP contribution in [0.2, 0.25) is 0 Å². The summed E-state index contributed by atoms with van der Waals surface area (Å²) in [7, 11) is 0. The van der Waals surface area contributed by atoms with Crippen LogP contribution in [-0.2, 0) is 18.0 Å². The quantitative estimate of drug-likeness (QED) is 0.738. The van der Waals surface area contributed by atoms with Crippen molar-refractivity contribution < 1.29 is 9.13 Å². The van der Waals surface area contributed by atoms with Crippen LogP contribution in [0.3, 0.4) is 0 Å². The van der Waals surface area contributed by atoms with E-state index >= 15 is 0 Å². The highest BCUT2D eigenvalue weighted by molar-refractivity contribution is 6.22. The van der Waals surface area contributed by atoms with E-state index < -0.39 is 0 Å². The lowest BCUT2D eigenvalue weighted by Crippen LogP contribution is -1.95. The van der Waals surface area contributed by atoms with E-state index in [0.29, 0.717) is 13.2 Å². The minimum atomic E-state index is -0.327. The fourth-order valence-electron chi connectivity index (χ4n) is 2.21. The lowest BCUT2D eigenvalue weighted by atomic mass is 10.00. The maximum Gasteiger partial charge on any atom is 0.123 e. The molecule has 1 heterocycles. The van der Waals surface area contributed by atoms with Crippen LogP contribution in [0.1, 0.15) is 27.6 Å². The van der Waals surface area contributed by atoms with Crippen molar-refractivity contribution >= 4 is 11.6 Å². The lowest BCUT2D eigenvalue weighted by Gasteiger charge is -2.11. The normalized spacial score (nSPS) is 15.4. The van der Waals surface area contributed by atoms with Gasteiger partial charge in [0.15, 0.2) is 0 Å². The zero-order valence-electron chi connectivity index (χ0n) is 9.70. The first-order valence-electron chi connectivity index (χ1n) is 5.83. The Labute approximate surface area is 110 Å². The molecule has 0 N–H and O–H groups in total. The third kappa shape index (κ3) is 2.14. The standard InChI is InChI=1S/C15H12ClFO/c16-15(10-2-1-3-14(17)7-10)11-4-5-12-8-18-9-13(12)6-11/h1-7,15H,8-9H2. The van der Waals surface area contributed by atoms with Gasteiger partial charge in [0.1, 0.15) is 5.82 Å². The molecular formula is C15H12ClFO. The lowest BCUT2D eigenvalue weighted by molar-refractivity contribution is 0.134. The largest absolute Gasteiger partial charge is 0.372 e. The van der Waals surface area contributed by atoms with E-state index in [0.717, 1.165) is 11.1 Å². The molecule has 1 unspecified atom stereocenters. The Morgan fingerprint density at radius 1 is 1.00 bits per heavy atom. The highest BCUT2D eigenvalue weighted by atomic mass is 35.5. The number of benzene rings is 2. The van der Waals surface area contributed by atoms with Crippen LogP contribution in [0.4, 0.5) is 4.39 Å². The fourth-order valence-corrected chi connectivity index (χ4v) is 2.48. The molecule has 3 rings (SSSR count). The molecule has 0 saturated heterocycles. The second kappa shape index (κ2) is 4.71. The summed E-state index contributed by atoms with van der Waals surface area (Å²) in [5.41, 5.74) is 4.14. The molecular weight excluding hydrogens is 251 g/mol. The van der Waals surface area contributed by atoms with E-state index in [1.54, 1.807) is 6.07 Å². The average Bonchev–Trinajstić information content (AvgIpc) is 2.85. The third-order valence-electron chi connectivity index (χ3n) is 3.18. The number of halogens is 2. The summed E-state index contributed by atoms with van der Waals surface area (Å²) < 4.78 is 18.6. The minimum Gasteiger partial charge on any atom is -0.372 e. The summed E-state index contributed by atoms with van der Waals surface area (Å²) in [4.78, 5) is 0. The summed E-state index contributed by atoms with van der Waals surface area (Å²) in [6.45, 7) is 1.30. The van der Waals surface area contributed by atoms with E-state index in [2.05, 4.69) is 0 Å². The first-order valence-corrected chi connectivity index (χ1v) is 6.26. The summed E-state index contributed by atoms with van der Waals surface area (Å²) in [5.74, 6) is -0.261. The number of rotatable bonds is 2. The van der Waals surface area contributed by atoms with Crippen molar-refractivity contribution in [1.82, 2.24) is 0 Å². The Hall–Kier alpha value is -1.38. The van der Waals surface area contributed by atoms with Crippen molar-refractivity contribution in [2.45, 2.75) is 18.6 Å². The molecule has 0 aliphatic carbocycles. The summed E-state index contributed by atoms with van der Waals surface area (Å²) in [6.07, 6.45) is 0. The monoisotopic (exact) mass is 262 g/mol. The SMILES string of the molecule is Fc1cccc(C(Cl)c2ccc3c(c2)COC3)c1. The van der Waals surface area contributed by atoms with Gasteiger partial charge in [0.2, 0.25) is 0 Å². The van der Waals surface area contributed by atoms with E-state index in [1.807, 2.05) is 24.3 Å². The van der Waals surface area contributed by atoms with Crippen LogP contribution < -0.4 is 0 Å². The number of hydrogen-bond donors (Lipinski definition) is 0. The van der Waals surface area contributed by atoms with Crippen molar-refractivity contribution in [3.8, 4) is 0 Å². The van der Waals surface area contributed by atoms with Gasteiger partial charge in [-0.3, -0.25) is 0 Å². The molecule has 1 nitrogen and oxygen atoms in total. The van der Waals surface area contributed by atoms with Gasteiger partial charge in [-0.15, -0.1) is 11.6 Å². The first-order chi connectivity index (χ1) is 8.74. The number of alkyl halides is 1. The molecule has 0 radical (unpaired) electrons. The molecule has 0 amide bonds. The Morgan fingerprint density at radius 3 is 2.61 bits per heavy atom. The predicted octanol–water partition coefficient (Wildman–Crippen LogP) is 4.18. The van der Waals surface area contributed by atoms with Crippen molar-refractivity contribution in [2.24, 2.45) is 0 Å². The van der Waals surface area contributed by atoms with Gasteiger partial charge in [-0.25, -0.2) is 4.39 Å². The van der Waals surface area contributed by atoms with Gasteiger partial charge in [0.05, 0.1) is 18.6 Å². The van der Waals surface area contributed by atoms with Crippen molar-refractivity contribution in [3.63, 3.8) is 0 Å². The van der Waals surface area contributed by atoms with Gasteiger partial charge in [0.25, 0.3) is 0 Å². The fraction of sp³-hybridized carbons (Fsp3) is 0.200. The van der Waals surface area contributed by atoms with Gasteiger partial charge < -0.3 is 4.74 Å². The van der Waals surface area contributed by atoms with Crippen LogP contribution in [-0.4, -0.2) is 0 Å². The van der Waals surface area contributed by atoms with Crippen molar-refractivity contribution in [1.29, 1.82) is 0 Å². The van der Waals surface area contributed by atoms with Crippen LogP contribution in [0, 0.1) is 5.82 Å². The molecule has 1 atom stereocenters. The van der Waals surface area contributed by atoms with E-state index in [4.69, 9.17) is 16.3 Å². The summed E-state index contributed by atoms with van der Waals surface area (Å²) >= 11 is 6.40. The van der Waals surface area contributed by atoms with Crippen LogP contribution in [0.15, 0.2) is 42.5 Å². The molecule has 0 aromatic heterocycles. The van der Waals surface area contributed by atoms with Gasteiger partial charge in [0, 0.05) is 0 Å². The highest BCUT2D eigenvalue weighted by Crippen LogP contribution is 2.32. The van der Waals surface area contributed by atoms with Crippen LogP contribution in [0.25, 0.3) is 0 Å². The maximum absolute atomic E-state index is 13.2. The highest BCUT2D eigenvalue weighted by Gasteiger charge is 2.16. The van der Waals surface area contributed by atoms with E-state index in [9.17, 15) is 4.39 Å². The topological polar surface area (TPSA) is 9.23 Å². The summed E-state index contributed by atoms with van der Waals surface area (Å²) in [5, 5.41) is -0.327. The van der Waals surface area contributed by atoms with Gasteiger partial charge >= 0.3 is 0 Å². The zero-order valence-corrected chi connectivity index (χ0v) is 10.5. The molecule has 18 heavy (non-hydrogen) atoms. The molecule has 0 fully saturated rings. The molecule has 0 bridgehead atoms. The second-order valence-electron chi connectivity index (χ2n) is 4.44. The smallest absolute Gasteiger partial charge is 0.123 e. The van der Waals surface area contributed by atoms with Crippen molar-refractivity contribution in [3.05, 3.63) is 70.5 Å². The Morgan fingerprint density at radius 2 is 1.78 bits per heavy atom. The Kier molecular flexibility index (Phi) is 3.06. The Bertz CT molecular complexity index is 582. The average molecular weight is 263 g/mol. The molecule has 1 aliphatic rings. The molecule has 92 valence electrons. The Balaban J connectivity index is 1.95. The van der Waals surface area contributed by atoms with Gasteiger partial charge in [-0.05, 0) is 34.4 Å². The van der Waals surface area contributed by atoms with Crippen molar-refractivity contribution in [2.75, 3.05) is 0 Å². The third-order valence-corrected chi connectivity index (χ3v) is 3.68. The van der Waals surface area contributed by atoms with Crippen LogP contribution >= 0.6 is 11.6 Å². The summed E-state index contributed by atoms with van der Waals surface area (Å²) in [6, 6.07) is 12.5. The maximum atomic E-state index is 13.2. The number of fused-ring (bicyclic) bond motifs is 1. The van der Waals surface area contributed by atoms with Gasteiger partial charge in [-0.1, -0.05) is 30.3 Å². The van der Waals surface area contributed by atoms with Crippen LogP contribution in [0.5, 0.6) is 0 Å². The second-order valence-corrected chi connectivity index (χ2v) is 4.87. The van der Waals surface area contributed by atoms with E-state index in [1.165, 1.54) is 23.3 Å². The first kappa shape index (κ1) is 11.7. The predicted molar refractivity (Wildman–Crippen MR) is 69.0 cm³/mol. The molecule has 1 aliphatic heterocycles.